The molecule has 0 unspecified atom stereocenters. The third kappa shape index (κ3) is 4.31. The highest BCUT2D eigenvalue weighted by atomic mass is 19.4. The lowest BCUT2D eigenvalue weighted by Crippen LogP contribution is -3.12. The molecular formula is C23H23F3NO5+. The summed E-state index contributed by atoms with van der Waals surface area (Å²) in [5.74, 6) is -2.58. The number of aromatic hydroxyl groups is 1. The molecule has 1 aliphatic heterocycles. The number of alkyl halides is 3. The van der Waals surface area contributed by atoms with E-state index in [1.165, 1.54) is 18.2 Å². The first-order valence-electron chi connectivity index (χ1n) is 10.2. The fourth-order valence-electron chi connectivity index (χ4n) is 3.72. The molecule has 6 nitrogen and oxygen atoms in total. The van der Waals surface area contributed by atoms with Crippen molar-refractivity contribution in [1.82, 2.24) is 0 Å². The number of phenolic OH excluding ortho intramolecular Hbond substituents is 1. The van der Waals surface area contributed by atoms with Crippen molar-refractivity contribution in [3.05, 3.63) is 63.0 Å². The number of aryl methyl sites for hydroxylation is 2. The number of hydrogen-bond donors (Lipinski definition) is 2. The molecule has 2 N–H and O–H groups in total. The molecule has 0 atom stereocenters. The molecule has 0 amide bonds. The van der Waals surface area contributed by atoms with Gasteiger partial charge in [0.05, 0.1) is 24.2 Å². The Morgan fingerprint density at radius 3 is 2.47 bits per heavy atom. The van der Waals surface area contributed by atoms with Crippen LogP contribution in [0.15, 0.2) is 39.5 Å². The molecule has 170 valence electrons. The number of hydrogen-bond acceptors (Lipinski definition) is 5. The van der Waals surface area contributed by atoms with Gasteiger partial charge in [-0.1, -0.05) is 6.07 Å². The summed E-state index contributed by atoms with van der Waals surface area (Å²) in [5.41, 5.74) is 0.662. The minimum atomic E-state index is -4.98. The third-order valence-corrected chi connectivity index (χ3v) is 5.68. The summed E-state index contributed by atoms with van der Waals surface area (Å²) in [4.78, 5) is 14.1. The molecule has 0 spiro atoms. The average Bonchev–Trinajstić information content (AvgIpc) is 2.74. The van der Waals surface area contributed by atoms with Crippen LogP contribution >= 0.6 is 0 Å². The molecule has 1 aliphatic rings. The van der Waals surface area contributed by atoms with Crippen LogP contribution in [0.4, 0.5) is 13.2 Å². The largest absolute Gasteiger partial charge is 0.507 e. The van der Waals surface area contributed by atoms with Crippen molar-refractivity contribution in [2.75, 3.05) is 26.3 Å². The van der Waals surface area contributed by atoms with Crippen molar-refractivity contribution in [3.8, 4) is 17.2 Å². The van der Waals surface area contributed by atoms with Gasteiger partial charge in [0.25, 0.3) is 5.76 Å². The van der Waals surface area contributed by atoms with Crippen LogP contribution in [0.5, 0.6) is 17.2 Å². The summed E-state index contributed by atoms with van der Waals surface area (Å²) in [6.45, 7) is 6.11. The number of benzene rings is 2. The second-order valence-electron chi connectivity index (χ2n) is 7.91. The first kappa shape index (κ1) is 22.2. The van der Waals surface area contributed by atoms with Crippen LogP contribution in [0.1, 0.15) is 22.5 Å². The SMILES string of the molecule is Cc1ccc(Oc2c(C(F)(F)F)oc3c(C[NH+]4CCOCC4)c(O)ccc3c2=O)cc1C. The van der Waals surface area contributed by atoms with E-state index in [0.29, 0.717) is 26.3 Å². The normalized spacial score (nSPS) is 15.3. The summed E-state index contributed by atoms with van der Waals surface area (Å²) < 4.78 is 57.7. The van der Waals surface area contributed by atoms with E-state index in [-0.39, 0.29) is 34.6 Å². The molecule has 2 heterocycles. The van der Waals surface area contributed by atoms with Crippen LogP contribution < -0.4 is 15.1 Å². The molecule has 0 bridgehead atoms. The van der Waals surface area contributed by atoms with E-state index in [9.17, 15) is 23.1 Å². The first-order chi connectivity index (χ1) is 15.1. The van der Waals surface area contributed by atoms with E-state index in [1.807, 2.05) is 6.92 Å². The average molecular weight is 450 g/mol. The molecule has 0 saturated carbocycles. The van der Waals surface area contributed by atoms with E-state index in [2.05, 4.69) is 0 Å². The van der Waals surface area contributed by atoms with Gasteiger partial charge in [0.1, 0.15) is 31.1 Å². The van der Waals surface area contributed by atoms with Crippen molar-refractivity contribution >= 4 is 11.0 Å². The van der Waals surface area contributed by atoms with Gasteiger partial charge < -0.3 is 23.9 Å². The minimum absolute atomic E-state index is 0.0858. The number of rotatable bonds is 4. The molecule has 4 rings (SSSR count). The predicted molar refractivity (Wildman–Crippen MR) is 110 cm³/mol. The summed E-state index contributed by atoms with van der Waals surface area (Å²) >= 11 is 0. The van der Waals surface area contributed by atoms with Gasteiger partial charge in [0, 0.05) is 0 Å². The fourth-order valence-corrected chi connectivity index (χ4v) is 3.72. The van der Waals surface area contributed by atoms with Crippen molar-refractivity contribution < 1.29 is 37.1 Å². The highest BCUT2D eigenvalue weighted by Gasteiger charge is 2.41. The Kier molecular flexibility index (Phi) is 5.87. The number of ether oxygens (including phenoxy) is 2. The van der Waals surface area contributed by atoms with Gasteiger partial charge in [-0.05, 0) is 49.2 Å². The number of nitrogens with one attached hydrogen (secondary N) is 1. The van der Waals surface area contributed by atoms with Gasteiger partial charge in [-0.3, -0.25) is 4.79 Å². The number of halogens is 3. The van der Waals surface area contributed by atoms with Crippen LogP contribution in [0.2, 0.25) is 0 Å². The first-order valence-corrected chi connectivity index (χ1v) is 10.2. The highest BCUT2D eigenvalue weighted by Crippen LogP contribution is 2.39. The number of fused-ring (bicyclic) bond motifs is 1. The zero-order chi connectivity index (χ0) is 23.0. The fraction of sp³-hybridized carbons (Fsp3) is 0.348. The van der Waals surface area contributed by atoms with Crippen LogP contribution in [-0.2, 0) is 17.5 Å². The molecule has 1 fully saturated rings. The van der Waals surface area contributed by atoms with E-state index >= 15 is 0 Å². The maximum absolute atomic E-state index is 13.9. The summed E-state index contributed by atoms with van der Waals surface area (Å²) in [6.07, 6.45) is -4.98. The Balaban J connectivity index is 1.87. The molecule has 0 aliphatic carbocycles. The number of morpholine rings is 1. The van der Waals surface area contributed by atoms with Gasteiger partial charge in [-0.15, -0.1) is 0 Å². The smallest absolute Gasteiger partial charge is 0.453 e. The van der Waals surface area contributed by atoms with Crippen LogP contribution in [-0.4, -0.2) is 31.4 Å². The van der Waals surface area contributed by atoms with Crippen molar-refractivity contribution in [2.45, 2.75) is 26.6 Å². The molecule has 3 aromatic rings. The van der Waals surface area contributed by atoms with Gasteiger partial charge in [0.15, 0.2) is 5.58 Å². The Labute approximate surface area is 181 Å². The third-order valence-electron chi connectivity index (χ3n) is 5.68. The minimum Gasteiger partial charge on any atom is -0.507 e. The lowest BCUT2D eigenvalue weighted by molar-refractivity contribution is -0.921. The zero-order valence-electron chi connectivity index (χ0n) is 17.6. The molecule has 2 aromatic carbocycles. The summed E-state index contributed by atoms with van der Waals surface area (Å²) in [5, 5.41) is 10.3. The van der Waals surface area contributed by atoms with Crippen molar-refractivity contribution in [3.63, 3.8) is 0 Å². The van der Waals surface area contributed by atoms with Gasteiger partial charge in [-0.2, -0.15) is 13.2 Å². The predicted octanol–water partition coefficient (Wildman–Crippen LogP) is 3.34. The quantitative estimate of drug-likeness (QED) is 0.638. The maximum atomic E-state index is 13.9. The van der Waals surface area contributed by atoms with Crippen molar-refractivity contribution in [2.24, 2.45) is 0 Å². The number of phenols is 1. The monoisotopic (exact) mass is 450 g/mol. The summed E-state index contributed by atoms with van der Waals surface area (Å²) in [6, 6.07) is 7.30. The molecule has 1 saturated heterocycles. The second kappa shape index (κ2) is 8.48. The Morgan fingerprint density at radius 1 is 1.09 bits per heavy atom. The van der Waals surface area contributed by atoms with E-state index < -0.39 is 23.1 Å². The Morgan fingerprint density at radius 2 is 1.81 bits per heavy atom. The van der Waals surface area contributed by atoms with Crippen LogP contribution in [0.3, 0.4) is 0 Å². The Hall–Kier alpha value is -3.04. The van der Waals surface area contributed by atoms with Gasteiger partial charge in [0.2, 0.25) is 11.2 Å². The van der Waals surface area contributed by atoms with E-state index in [1.54, 1.807) is 19.1 Å². The zero-order valence-corrected chi connectivity index (χ0v) is 17.6. The second-order valence-corrected chi connectivity index (χ2v) is 7.91. The maximum Gasteiger partial charge on any atom is 0.453 e. The molecule has 9 heteroatoms. The molecule has 0 radical (unpaired) electrons. The number of quaternary nitrogens is 1. The highest BCUT2D eigenvalue weighted by molar-refractivity contribution is 5.83. The van der Waals surface area contributed by atoms with E-state index in [4.69, 9.17) is 13.9 Å². The van der Waals surface area contributed by atoms with E-state index in [0.717, 1.165) is 16.0 Å². The lowest BCUT2D eigenvalue weighted by Gasteiger charge is -2.24. The van der Waals surface area contributed by atoms with Gasteiger partial charge >= 0.3 is 6.18 Å². The van der Waals surface area contributed by atoms with Crippen LogP contribution in [0.25, 0.3) is 11.0 Å². The Bertz CT molecular complexity index is 1210. The molecule has 1 aromatic heterocycles. The topological polar surface area (TPSA) is 73.3 Å². The summed E-state index contributed by atoms with van der Waals surface area (Å²) in [7, 11) is 0. The van der Waals surface area contributed by atoms with Crippen molar-refractivity contribution in [1.29, 1.82) is 0 Å². The molecular weight excluding hydrogens is 427 g/mol. The van der Waals surface area contributed by atoms with Gasteiger partial charge in [-0.25, -0.2) is 0 Å². The molecule has 32 heavy (non-hydrogen) atoms. The van der Waals surface area contributed by atoms with Crippen LogP contribution in [0, 0.1) is 13.8 Å². The standard InChI is InChI=1S/C23H22F3NO5/c1-13-3-4-15(11-14(13)2)31-21-19(29)16-5-6-18(28)17(12-27-7-9-30-10-8-27)20(16)32-22(21)23(24,25)26/h3-6,11,28H,7-10,12H2,1-2H3/p+1. The lowest BCUT2D eigenvalue weighted by atomic mass is 10.1.